The van der Waals surface area contributed by atoms with Crippen molar-refractivity contribution in [3.05, 3.63) is 58.7 Å². The minimum absolute atomic E-state index is 0.115. The van der Waals surface area contributed by atoms with Crippen LogP contribution >= 0.6 is 0 Å². The first-order chi connectivity index (χ1) is 10.3. The SMILES string of the molecule is Cc1cc2c(c(-c3ccc(C(C)(C)C)cc3)c1)C(=O)C(C)C2. The molecule has 0 fully saturated rings. The minimum Gasteiger partial charge on any atom is -0.294 e. The summed E-state index contributed by atoms with van der Waals surface area (Å²) in [5, 5.41) is 0. The molecule has 1 heteroatoms. The number of carbonyl (C=O) groups is 1. The average molecular weight is 292 g/mol. The zero-order valence-corrected chi connectivity index (χ0v) is 14.2. The number of Topliss-reactive ketones (excluding diaryl/α,β-unsaturated/α-hetero) is 1. The Morgan fingerprint density at radius 3 is 2.27 bits per heavy atom. The average Bonchev–Trinajstić information content (AvgIpc) is 2.72. The van der Waals surface area contributed by atoms with Crippen molar-refractivity contribution in [1.82, 2.24) is 0 Å². The molecule has 22 heavy (non-hydrogen) atoms. The van der Waals surface area contributed by atoms with Gasteiger partial charge in [0.1, 0.15) is 0 Å². The molecule has 1 nitrogen and oxygen atoms in total. The number of hydrogen-bond acceptors (Lipinski definition) is 1. The lowest BCUT2D eigenvalue weighted by Crippen LogP contribution is -2.10. The van der Waals surface area contributed by atoms with Gasteiger partial charge in [0.2, 0.25) is 0 Å². The maximum absolute atomic E-state index is 12.5. The molecule has 0 heterocycles. The van der Waals surface area contributed by atoms with E-state index in [4.69, 9.17) is 0 Å². The van der Waals surface area contributed by atoms with Gasteiger partial charge in [0.25, 0.3) is 0 Å². The van der Waals surface area contributed by atoms with Gasteiger partial charge in [-0.1, -0.05) is 69.7 Å². The number of fused-ring (bicyclic) bond motifs is 1. The van der Waals surface area contributed by atoms with Crippen molar-refractivity contribution >= 4 is 5.78 Å². The fraction of sp³-hybridized carbons (Fsp3) is 0.381. The molecule has 0 saturated carbocycles. The van der Waals surface area contributed by atoms with Crippen LogP contribution in [0.4, 0.5) is 0 Å². The molecule has 0 N–H and O–H groups in total. The van der Waals surface area contributed by atoms with E-state index in [1.54, 1.807) is 0 Å². The molecule has 0 spiro atoms. The van der Waals surface area contributed by atoms with Crippen molar-refractivity contribution in [3.8, 4) is 11.1 Å². The first kappa shape index (κ1) is 15.0. The van der Waals surface area contributed by atoms with Gasteiger partial charge in [-0.15, -0.1) is 0 Å². The van der Waals surface area contributed by atoms with E-state index in [0.29, 0.717) is 5.78 Å². The predicted octanol–water partition coefficient (Wildman–Crippen LogP) is 5.33. The summed E-state index contributed by atoms with van der Waals surface area (Å²) in [5.41, 5.74) is 7.11. The van der Waals surface area contributed by atoms with Gasteiger partial charge >= 0.3 is 0 Å². The molecule has 2 aromatic rings. The second kappa shape index (κ2) is 5.08. The lowest BCUT2D eigenvalue weighted by molar-refractivity contribution is 0.0947. The van der Waals surface area contributed by atoms with Crippen molar-refractivity contribution in [3.63, 3.8) is 0 Å². The number of ketones is 1. The highest BCUT2D eigenvalue weighted by Gasteiger charge is 2.30. The van der Waals surface area contributed by atoms with Gasteiger partial charge in [0.15, 0.2) is 5.78 Å². The van der Waals surface area contributed by atoms with Crippen LogP contribution in [0, 0.1) is 12.8 Å². The Balaban J connectivity index is 2.12. The van der Waals surface area contributed by atoms with Crippen molar-refractivity contribution < 1.29 is 4.79 Å². The number of rotatable bonds is 1. The first-order valence-corrected chi connectivity index (χ1v) is 8.06. The smallest absolute Gasteiger partial charge is 0.166 e. The standard InChI is InChI=1S/C21H24O/c1-13-10-16-12-14(2)20(22)19(16)18(11-13)15-6-8-17(9-7-15)21(3,4)5/h6-11,14H,12H2,1-5H3. The van der Waals surface area contributed by atoms with Crippen LogP contribution in [0.2, 0.25) is 0 Å². The van der Waals surface area contributed by atoms with E-state index in [-0.39, 0.29) is 11.3 Å². The summed E-state index contributed by atoms with van der Waals surface area (Å²) < 4.78 is 0. The Hall–Kier alpha value is -1.89. The molecule has 1 aliphatic carbocycles. The monoisotopic (exact) mass is 292 g/mol. The summed E-state index contributed by atoms with van der Waals surface area (Å²) in [7, 11) is 0. The van der Waals surface area contributed by atoms with Crippen LogP contribution in [0.25, 0.3) is 11.1 Å². The lowest BCUT2D eigenvalue weighted by atomic mass is 9.85. The van der Waals surface area contributed by atoms with Gasteiger partial charge in [-0.05, 0) is 41.0 Å². The molecule has 0 aromatic heterocycles. The Morgan fingerprint density at radius 1 is 1.05 bits per heavy atom. The number of benzene rings is 2. The van der Waals surface area contributed by atoms with E-state index >= 15 is 0 Å². The van der Waals surface area contributed by atoms with Gasteiger partial charge in [-0.3, -0.25) is 4.79 Å². The third kappa shape index (κ3) is 2.49. The molecule has 2 aromatic carbocycles. The summed E-state index contributed by atoms with van der Waals surface area (Å²) in [6, 6.07) is 13.0. The minimum atomic E-state index is 0.115. The van der Waals surface area contributed by atoms with Crippen molar-refractivity contribution in [2.45, 2.75) is 46.5 Å². The highest BCUT2D eigenvalue weighted by Crippen LogP contribution is 2.36. The van der Waals surface area contributed by atoms with Crippen LogP contribution in [0.1, 0.15) is 54.7 Å². The molecule has 1 unspecified atom stereocenters. The van der Waals surface area contributed by atoms with E-state index in [2.05, 4.69) is 64.1 Å². The summed E-state index contributed by atoms with van der Waals surface area (Å²) in [4.78, 5) is 12.5. The van der Waals surface area contributed by atoms with Gasteiger partial charge < -0.3 is 0 Å². The van der Waals surface area contributed by atoms with Gasteiger partial charge in [-0.25, -0.2) is 0 Å². The second-order valence-corrected chi connectivity index (χ2v) is 7.64. The third-order valence-electron chi connectivity index (χ3n) is 4.65. The molecule has 0 amide bonds. The number of hydrogen-bond donors (Lipinski definition) is 0. The van der Waals surface area contributed by atoms with E-state index in [0.717, 1.165) is 23.1 Å². The zero-order valence-electron chi connectivity index (χ0n) is 14.2. The van der Waals surface area contributed by atoms with Crippen LogP contribution in [0.3, 0.4) is 0 Å². The second-order valence-electron chi connectivity index (χ2n) is 7.64. The zero-order chi connectivity index (χ0) is 16.1. The van der Waals surface area contributed by atoms with Crippen molar-refractivity contribution in [2.75, 3.05) is 0 Å². The summed E-state index contributed by atoms with van der Waals surface area (Å²) in [6.45, 7) is 10.8. The molecule has 0 radical (unpaired) electrons. The maximum Gasteiger partial charge on any atom is 0.166 e. The molecular weight excluding hydrogens is 268 g/mol. The summed E-state index contributed by atoms with van der Waals surface area (Å²) in [6.07, 6.45) is 0.878. The molecule has 1 atom stereocenters. The molecule has 0 aliphatic heterocycles. The molecule has 1 aliphatic rings. The van der Waals surface area contributed by atoms with E-state index < -0.39 is 0 Å². The normalized spacial score (nSPS) is 17.7. The largest absolute Gasteiger partial charge is 0.294 e. The van der Waals surface area contributed by atoms with Crippen LogP contribution in [-0.4, -0.2) is 5.78 Å². The molecule has 0 saturated heterocycles. The van der Waals surface area contributed by atoms with Gasteiger partial charge in [-0.2, -0.15) is 0 Å². The topological polar surface area (TPSA) is 17.1 Å². The molecule has 0 bridgehead atoms. The van der Waals surface area contributed by atoms with E-state index in [1.165, 1.54) is 16.7 Å². The van der Waals surface area contributed by atoms with Crippen LogP contribution < -0.4 is 0 Å². The number of carbonyl (C=O) groups excluding carboxylic acids is 1. The van der Waals surface area contributed by atoms with Crippen molar-refractivity contribution in [2.24, 2.45) is 5.92 Å². The van der Waals surface area contributed by atoms with Gasteiger partial charge in [0, 0.05) is 11.5 Å². The number of aryl methyl sites for hydroxylation is 1. The fourth-order valence-corrected chi connectivity index (χ4v) is 3.36. The Kier molecular flexibility index (Phi) is 3.47. The quantitative estimate of drug-likeness (QED) is 0.694. The summed E-state index contributed by atoms with van der Waals surface area (Å²) >= 11 is 0. The fourth-order valence-electron chi connectivity index (χ4n) is 3.36. The van der Waals surface area contributed by atoms with Gasteiger partial charge in [0.05, 0.1) is 0 Å². The molecular formula is C21H24O. The van der Waals surface area contributed by atoms with Crippen LogP contribution in [0.15, 0.2) is 36.4 Å². The highest BCUT2D eigenvalue weighted by atomic mass is 16.1. The predicted molar refractivity (Wildman–Crippen MR) is 92.5 cm³/mol. The van der Waals surface area contributed by atoms with Crippen LogP contribution in [0.5, 0.6) is 0 Å². The maximum atomic E-state index is 12.5. The summed E-state index contributed by atoms with van der Waals surface area (Å²) in [5.74, 6) is 0.411. The Labute approximate surface area is 133 Å². The van der Waals surface area contributed by atoms with Crippen molar-refractivity contribution in [1.29, 1.82) is 0 Å². The van der Waals surface area contributed by atoms with Crippen LogP contribution in [-0.2, 0) is 11.8 Å². The van der Waals surface area contributed by atoms with E-state index in [9.17, 15) is 4.79 Å². The first-order valence-electron chi connectivity index (χ1n) is 8.06. The van der Waals surface area contributed by atoms with E-state index in [1.807, 2.05) is 6.92 Å². The molecule has 114 valence electrons. The third-order valence-corrected chi connectivity index (χ3v) is 4.65. The highest BCUT2D eigenvalue weighted by molar-refractivity contribution is 6.07. The molecule has 3 rings (SSSR count). The Bertz CT molecular complexity index is 730. The Morgan fingerprint density at radius 2 is 1.68 bits per heavy atom. The lowest BCUT2D eigenvalue weighted by Gasteiger charge is -2.19.